The number of hydrogen-bond donors (Lipinski definition) is 2. The molecule has 2 N–H and O–H groups in total. The number of hydrogen-bond acceptors (Lipinski definition) is 5. The number of nitrogens with one attached hydrogen (secondary N) is 1. The van der Waals surface area contributed by atoms with Crippen LogP contribution in [0.5, 0.6) is 0 Å². The second-order valence-electron chi connectivity index (χ2n) is 4.82. The molecule has 1 aromatic carbocycles. The molecule has 0 heterocycles. The molecule has 0 saturated heterocycles. The minimum Gasteiger partial charge on any atom is -0.480 e. The maximum absolute atomic E-state index is 12.3. The Bertz CT molecular complexity index is 584. The molecule has 24 heavy (non-hydrogen) atoms. The van der Waals surface area contributed by atoms with Crippen LogP contribution in [-0.4, -0.2) is 42.7 Å². The van der Waals surface area contributed by atoms with E-state index in [0.717, 1.165) is 6.08 Å². The minimum absolute atomic E-state index is 0.0505. The van der Waals surface area contributed by atoms with Crippen molar-refractivity contribution in [2.24, 2.45) is 0 Å². The number of ether oxygens (including phenoxy) is 2. The van der Waals surface area contributed by atoms with Crippen LogP contribution in [0.15, 0.2) is 42.5 Å². The molecule has 0 aromatic heterocycles. The largest absolute Gasteiger partial charge is 0.480 e. The van der Waals surface area contributed by atoms with Gasteiger partial charge in [0, 0.05) is 13.2 Å². The second kappa shape index (κ2) is 10.2. The summed E-state index contributed by atoms with van der Waals surface area (Å²) in [5.74, 6) is -2.34. The summed E-state index contributed by atoms with van der Waals surface area (Å²) in [7, 11) is 1.37. The molecular weight excluding hydrogens is 314 g/mol. The van der Waals surface area contributed by atoms with Crippen LogP contribution in [0.25, 0.3) is 0 Å². The highest BCUT2D eigenvalue weighted by Crippen LogP contribution is 2.16. The number of carbonyl (C=O) groups is 3. The third-order valence-corrected chi connectivity index (χ3v) is 3.10. The minimum atomic E-state index is -1.21. The van der Waals surface area contributed by atoms with E-state index < -0.39 is 30.0 Å². The van der Waals surface area contributed by atoms with Gasteiger partial charge in [0.05, 0.1) is 6.61 Å². The quantitative estimate of drug-likeness (QED) is 0.523. The van der Waals surface area contributed by atoms with E-state index in [2.05, 4.69) is 5.32 Å². The Labute approximate surface area is 140 Å². The predicted octanol–water partition coefficient (Wildman–Crippen LogP) is 1.45. The Kier molecular flexibility index (Phi) is 8.21. The first kappa shape index (κ1) is 19.4. The molecule has 0 radical (unpaired) electrons. The van der Waals surface area contributed by atoms with E-state index in [1.54, 1.807) is 37.3 Å². The molecule has 1 rings (SSSR count). The van der Waals surface area contributed by atoms with Crippen LogP contribution < -0.4 is 5.32 Å². The molecule has 0 unspecified atom stereocenters. The third kappa shape index (κ3) is 6.21. The summed E-state index contributed by atoms with van der Waals surface area (Å²) in [6.45, 7) is 1.90. The van der Waals surface area contributed by atoms with E-state index in [9.17, 15) is 19.5 Å². The summed E-state index contributed by atoms with van der Waals surface area (Å²) in [5, 5.41) is 11.6. The van der Waals surface area contributed by atoms with E-state index in [0.29, 0.717) is 5.56 Å². The zero-order valence-electron chi connectivity index (χ0n) is 13.6. The molecule has 0 aliphatic rings. The first-order chi connectivity index (χ1) is 11.5. The number of carbonyl (C=O) groups excluding carboxylic acids is 2. The Hall–Kier alpha value is -2.67. The summed E-state index contributed by atoms with van der Waals surface area (Å²) >= 11 is 0. The molecule has 2 atom stereocenters. The Morgan fingerprint density at radius 2 is 1.92 bits per heavy atom. The van der Waals surface area contributed by atoms with Gasteiger partial charge in [-0.1, -0.05) is 36.4 Å². The number of aliphatic carboxylic acids is 1. The van der Waals surface area contributed by atoms with Crippen molar-refractivity contribution in [3.63, 3.8) is 0 Å². The average Bonchev–Trinajstić information content (AvgIpc) is 2.55. The lowest BCUT2D eigenvalue weighted by molar-refractivity contribution is -0.144. The van der Waals surface area contributed by atoms with Gasteiger partial charge in [0.25, 0.3) is 5.91 Å². The average molecular weight is 335 g/mol. The number of carboxylic acids is 1. The van der Waals surface area contributed by atoms with E-state index in [4.69, 9.17) is 9.47 Å². The normalized spacial score (nSPS) is 13.2. The highest BCUT2D eigenvalue weighted by molar-refractivity contribution is 5.87. The smallest absolute Gasteiger partial charge is 0.330 e. The lowest BCUT2D eigenvalue weighted by Crippen LogP contribution is -2.43. The molecule has 1 aromatic rings. The summed E-state index contributed by atoms with van der Waals surface area (Å²) in [6, 6.07) is 7.56. The number of esters is 1. The molecule has 0 spiro atoms. The van der Waals surface area contributed by atoms with Gasteiger partial charge < -0.3 is 19.9 Å². The van der Waals surface area contributed by atoms with Gasteiger partial charge in [-0.05, 0) is 18.9 Å². The highest BCUT2D eigenvalue weighted by atomic mass is 16.5. The van der Waals surface area contributed by atoms with Gasteiger partial charge in [0.2, 0.25) is 0 Å². The fourth-order valence-corrected chi connectivity index (χ4v) is 1.98. The molecule has 0 aliphatic heterocycles. The van der Waals surface area contributed by atoms with Crippen LogP contribution in [0.3, 0.4) is 0 Å². The number of rotatable bonds is 9. The van der Waals surface area contributed by atoms with Crippen LogP contribution >= 0.6 is 0 Å². The zero-order chi connectivity index (χ0) is 17.9. The molecule has 7 nitrogen and oxygen atoms in total. The maximum atomic E-state index is 12.3. The molecule has 0 bridgehead atoms. The van der Waals surface area contributed by atoms with Gasteiger partial charge in [-0.25, -0.2) is 9.59 Å². The van der Waals surface area contributed by atoms with E-state index >= 15 is 0 Å². The van der Waals surface area contributed by atoms with Gasteiger partial charge in [-0.3, -0.25) is 4.79 Å². The molecule has 7 heteroatoms. The molecular formula is C17H21NO6. The van der Waals surface area contributed by atoms with Crippen molar-refractivity contribution < 1.29 is 29.0 Å². The van der Waals surface area contributed by atoms with Crippen LogP contribution in [0.1, 0.15) is 25.0 Å². The van der Waals surface area contributed by atoms with E-state index in [1.165, 1.54) is 13.2 Å². The number of carboxylic acid groups (broad SMARTS) is 1. The van der Waals surface area contributed by atoms with Crippen LogP contribution in [0.4, 0.5) is 0 Å². The van der Waals surface area contributed by atoms with Crippen molar-refractivity contribution in [2.75, 3.05) is 13.7 Å². The van der Waals surface area contributed by atoms with Gasteiger partial charge >= 0.3 is 11.9 Å². The van der Waals surface area contributed by atoms with Crippen molar-refractivity contribution in [1.82, 2.24) is 5.32 Å². The van der Waals surface area contributed by atoms with Gasteiger partial charge in [-0.15, -0.1) is 0 Å². The lowest BCUT2D eigenvalue weighted by atomic mass is 10.1. The highest BCUT2D eigenvalue weighted by Gasteiger charge is 2.25. The Morgan fingerprint density at radius 1 is 1.25 bits per heavy atom. The van der Waals surface area contributed by atoms with Crippen molar-refractivity contribution in [3.8, 4) is 0 Å². The first-order valence-electron chi connectivity index (χ1n) is 7.43. The summed E-state index contributed by atoms with van der Waals surface area (Å²) < 4.78 is 9.85. The lowest BCUT2D eigenvalue weighted by Gasteiger charge is -2.19. The second-order valence-corrected chi connectivity index (χ2v) is 4.82. The fraction of sp³-hybridized carbons (Fsp3) is 0.353. The van der Waals surface area contributed by atoms with Crippen molar-refractivity contribution in [2.45, 2.75) is 25.5 Å². The van der Waals surface area contributed by atoms with Gasteiger partial charge in [0.1, 0.15) is 6.04 Å². The van der Waals surface area contributed by atoms with Crippen molar-refractivity contribution >= 4 is 17.8 Å². The van der Waals surface area contributed by atoms with E-state index in [-0.39, 0.29) is 13.0 Å². The van der Waals surface area contributed by atoms with Crippen molar-refractivity contribution in [1.29, 1.82) is 0 Å². The monoisotopic (exact) mass is 335 g/mol. The first-order valence-corrected chi connectivity index (χ1v) is 7.43. The summed E-state index contributed by atoms with van der Waals surface area (Å²) in [4.78, 5) is 34.7. The standard InChI is InChI=1S/C17H21NO6/c1-3-24-14(19)11-7-10-13(17(21)22)18-16(20)15(23-2)12-8-5-4-6-9-12/h4-9,11,13,15H,3,10H2,1-2H3,(H,18,20)(H,21,22)/b11-7+/t13-,15+/m1/s1. The molecule has 130 valence electrons. The molecule has 0 saturated carbocycles. The third-order valence-electron chi connectivity index (χ3n) is 3.10. The fourth-order valence-electron chi connectivity index (χ4n) is 1.98. The molecule has 0 fully saturated rings. The predicted molar refractivity (Wildman–Crippen MR) is 86.1 cm³/mol. The van der Waals surface area contributed by atoms with Crippen molar-refractivity contribution in [3.05, 3.63) is 48.0 Å². The number of benzene rings is 1. The maximum Gasteiger partial charge on any atom is 0.330 e. The topological polar surface area (TPSA) is 102 Å². The zero-order valence-corrected chi connectivity index (χ0v) is 13.6. The SMILES string of the molecule is CCOC(=O)/C=C/C[C@@H](NC(=O)[C@@H](OC)c1ccccc1)C(=O)O. The summed E-state index contributed by atoms with van der Waals surface area (Å²) in [5.41, 5.74) is 0.615. The number of amides is 1. The van der Waals surface area contributed by atoms with Crippen LogP contribution in [-0.2, 0) is 23.9 Å². The van der Waals surface area contributed by atoms with Crippen LogP contribution in [0, 0.1) is 0 Å². The molecule has 0 aliphatic carbocycles. The molecule has 1 amide bonds. The van der Waals surface area contributed by atoms with E-state index in [1.807, 2.05) is 0 Å². The van der Waals surface area contributed by atoms with Gasteiger partial charge in [-0.2, -0.15) is 0 Å². The number of methoxy groups -OCH3 is 1. The Morgan fingerprint density at radius 3 is 2.46 bits per heavy atom. The van der Waals surface area contributed by atoms with Gasteiger partial charge in [0.15, 0.2) is 6.10 Å². The summed E-state index contributed by atoms with van der Waals surface area (Å²) in [6.07, 6.45) is 1.52. The Balaban J connectivity index is 2.71. The van der Waals surface area contributed by atoms with Crippen LogP contribution in [0.2, 0.25) is 0 Å².